The summed E-state index contributed by atoms with van der Waals surface area (Å²) in [6.45, 7) is 3.98. The molecule has 0 aromatic carbocycles. The molecule has 1 heterocycles. The van der Waals surface area contributed by atoms with E-state index in [2.05, 4.69) is 26.2 Å². The van der Waals surface area contributed by atoms with Gasteiger partial charge in [-0.25, -0.2) is 4.98 Å². The van der Waals surface area contributed by atoms with Gasteiger partial charge in [0.15, 0.2) is 0 Å². The highest BCUT2D eigenvalue weighted by Crippen LogP contribution is 2.11. The summed E-state index contributed by atoms with van der Waals surface area (Å²) in [5, 5.41) is 12.5. The SMILES string of the molecule is CC(C)(O)CNc1cccc(Br)n1. The molecule has 72 valence electrons. The van der Waals surface area contributed by atoms with E-state index in [-0.39, 0.29) is 0 Å². The zero-order valence-electron chi connectivity index (χ0n) is 7.71. The van der Waals surface area contributed by atoms with Crippen LogP contribution in [0.15, 0.2) is 22.8 Å². The molecule has 1 rings (SSSR count). The van der Waals surface area contributed by atoms with Crippen molar-refractivity contribution in [1.29, 1.82) is 0 Å². The molecule has 3 nitrogen and oxygen atoms in total. The van der Waals surface area contributed by atoms with Gasteiger partial charge in [-0.3, -0.25) is 0 Å². The Labute approximate surface area is 86.3 Å². The minimum atomic E-state index is -0.718. The van der Waals surface area contributed by atoms with Gasteiger partial charge in [-0.15, -0.1) is 0 Å². The minimum Gasteiger partial charge on any atom is -0.389 e. The van der Waals surface area contributed by atoms with Gasteiger partial charge in [-0.05, 0) is 41.9 Å². The smallest absolute Gasteiger partial charge is 0.127 e. The summed E-state index contributed by atoms with van der Waals surface area (Å²) >= 11 is 3.27. The van der Waals surface area contributed by atoms with E-state index in [1.54, 1.807) is 13.8 Å². The van der Waals surface area contributed by atoms with Gasteiger partial charge in [-0.2, -0.15) is 0 Å². The van der Waals surface area contributed by atoms with Crippen molar-refractivity contribution in [3.63, 3.8) is 0 Å². The fourth-order valence-electron chi connectivity index (χ4n) is 0.814. The lowest BCUT2D eigenvalue weighted by atomic mass is 10.1. The summed E-state index contributed by atoms with van der Waals surface area (Å²) in [6.07, 6.45) is 0. The second kappa shape index (κ2) is 4.07. The molecule has 13 heavy (non-hydrogen) atoms. The molecule has 0 aliphatic heterocycles. The molecule has 0 aliphatic carbocycles. The van der Waals surface area contributed by atoms with E-state index in [0.717, 1.165) is 10.4 Å². The van der Waals surface area contributed by atoms with Crippen molar-refractivity contribution in [2.75, 3.05) is 11.9 Å². The van der Waals surface area contributed by atoms with Gasteiger partial charge < -0.3 is 10.4 Å². The van der Waals surface area contributed by atoms with Crippen molar-refractivity contribution in [3.8, 4) is 0 Å². The van der Waals surface area contributed by atoms with Crippen LogP contribution in [-0.4, -0.2) is 22.2 Å². The van der Waals surface area contributed by atoms with Gasteiger partial charge in [0.05, 0.1) is 5.60 Å². The third-order valence-electron chi connectivity index (χ3n) is 1.42. The Morgan fingerprint density at radius 3 is 2.77 bits per heavy atom. The maximum atomic E-state index is 9.45. The molecule has 0 fully saturated rings. The largest absolute Gasteiger partial charge is 0.389 e. The number of nitrogens with one attached hydrogen (secondary N) is 1. The zero-order chi connectivity index (χ0) is 9.90. The first-order valence-electron chi connectivity index (χ1n) is 4.06. The highest BCUT2D eigenvalue weighted by molar-refractivity contribution is 9.10. The van der Waals surface area contributed by atoms with Crippen LogP contribution in [0.4, 0.5) is 5.82 Å². The summed E-state index contributed by atoms with van der Waals surface area (Å²) in [4.78, 5) is 4.17. The third-order valence-corrected chi connectivity index (χ3v) is 1.86. The summed E-state index contributed by atoms with van der Waals surface area (Å²) in [7, 11) is 0. The average molecular weight is 245 g/mol. The number of hydrogen-bond donors (Lipinski definition) is 2. The van der Waals surface area contributed by atoms with Gasteiger partial charge in [0.2, 0.25) is 0 Å². The lowest BCUT2D eigenvalue weighted by Gasteiger charge is -2.17. The highest BCUT2D eigenvalue weighted by atomic mass is 79.9. The number of aromatic nitrogens is 1. The van der Waals surface area contributed by atoms with E-state index in [4.69, 9.17) is 0 Å². The molecule has 1 aromatic heterocycles. The van der Waals surface area contributed by atoms with Crippen molar-refractivity contribution in [3.05, 3.63) is 22.8 Å². The average Bonchev–Trinajstić information content (AvgIpc) is 2.00. The lowest BCUT2D eigenvalue weighted by molar-refractivity contribution is 0.0944. The third kappa shape index (κ3) is 4.24. The second-order valence-electron chi connectivity index (χ2n) is 3.51. The van der Waals surface area contributed by atoms with Crippen molar-refractivity contribution in [1.82, 2.24) is 4.98 Å². The quantitative estimate of drug-likeness (QED) is 0.801. The van der Waals surface area contributed by atoms with E-state index in [1.807, 2.05) is 18.2 Å². The van der Waals surface area contributed by atoms with Crippen LogP contribution in [0, 0.1) is 0 Å². The molecule has 0 aliphatic rings. The summed E-state index contributed by atoms with van der Waals surface area (Å²) in [5.74, 6) is 0.761. The Balaban J connectivity index is 2.55. The van der Waals surface area contributed by atoms with Crippen molar-refractivity contribution in [2.45, 2.75) is 19.4 Å². The van der Waals surface area contributed by atoms with Crippen molar-refractivity contribution in [2.24, 2.45) is 0 Å². The Morgan fingerprint density at radius 2 is 2.23 bits per heavy atom. The number of nitrogens with zero attached hydrogens (tertiary/aromatic N) is 1. The van der Waals surface area contributed by atoms with Crippen molar-refractivity contribution < 1.29 is 5.11 Å². The van der Waals surface area contributed by atoms with Crippen LogP contribution in [0.3, 0.4) is 0 Å². The highest BCUT2D eigenvalue weighted by Gasteiger charge is 2.11. The summed E-state index contributed by atoms with van der Waals surface area (Å²) in [6, 6.07) is 5.61. The monoisotopic (exact) mass is 244 g/mol. The standard InChI is InChI=1S/C9H13BrN2O/c1-9(2,13)6-11-8-5-3-4-7(10)12-8/h3-5,13H,6H2,1-2H3,(H,11,12). The molecule has 0 amide bonds. The maximum absolute atomic E-state index is 9.45. The number of rotatable bonds is 3. The van der Waals surface area contributed by atoms with E-state index in [0.29, 0.717) is 6.54 Å². The van der Waals surface area contributed by atoms with Crippen LogP contribution in [-0.2, 0) is 0 Å². The van der Waals surface area contributed by atoms with Gasteiger partial charge in [0, 0.05) is 6.54 Å². The topological polar surface area (TPSA) is 45.1 Å². The van der Waals surface area contributed by atoms with E-state index < -0.39 is 5.60 Å². The lowest BCUT2D eigenvalue weighted by Crippen LogP contribution is -2.29. The normalized spacial score (nSPS) is 11.4. The van der Waals surface area contributed by atoms with Crippen molar-refractivity contribution >= 4 is 21.7 Å². The van der Waals surface area contributed by atoms with Gasteiger partial charge in [-0.1, -0.05) is 6.07 Å². The molecular formula is C9H13BrN2O. The molecular weight excluding hydrogens is 232 g/mol. The molecule has 1 aromatic rings. The van der Waals surface area contributed by atoms with Crippen LogP contribution < -0.4 is 5.32 Å². The van der Waals surface area contributed by atoms with E-state index in [1.165, 1.54) is 0 Å². The fraction of sp³-hybridized carbons (Fsp3) is 0.444. The number of hydrogen-bond acceptors (Lipinski definition) is 3. The fourth-order valence-corrected chi connectivity index (χ4v) is 1.16. The molecule has 0 spiro atoms. The summed E-state index contributed by atoms with van der Waals surface area (Å²) < 4.78 is 0.785. The Kier molecular flexibility index (Phi) is 3.27. The zero-order valence-corrected chi connectivity index (χ0v) is 9.30. The van der Waals surface area contributed by atoms with Gasteiger partial charge >= 0.3 is 0 Å². The molecule has 4 heteroatoms. The van der Waals surface area contributed by atoms with Crippen LogP contribution in [0.2, 0.25) is 0 Å². The first-order chi connectivity index (χ1) is 5.97. The van der Waals surface area contributed by atoms with E-state index in [9.17, 15) is 5.11 Å². The number of anilines is 1. The number of aliphatic hydroxyl groups is 1. The first kappa shape index (κ1) is 10.5. The van der Waals surface area contributed by atoms with Crippen LogP contribution in [0.5, 0.6) is 0 Å². The summed E-state index contributed by atoms with van der Waals surface area (Å²) in [5.41, 5.74) is -0.718. The predicted molar refractivity (Wildman–Crippen MR) is 56.7 cm³/mol. The second-order valence-corrected chi connectivity index (χ2v) is 4.32. The molecule has 0 saturated heterocycles. The number of halogens is 1. The predicted octanol–water partition coefficient (Wildman–Crippen LogP) is 2.03. The van der Waals surface area contributed by atoms with Crippen LogP contribution in [0.25, 0.3) is 0 Å². The Hall–Kier alpha value is -0.610. The molecule has 0 atom stereocenters. The molecule has 0 saturated carbocycles. The Morgan fingerprint density at radius 1 is 1.54 bits per heavy atom. The maximum Gasteiger partial charge on any atom is 0.127 e. The van der Waals surface area contributed by atoms with E-state index >= 15 is 0 Å². The van der Waals surface area contributed by atoms with Gasteiger partial charge in [0.25, 0.3) is 0 Å². The molecule has 0 unspecified atom stereocenters. The molecule has 0 radical (unpaired) electrons. The Bertz CT molecular complexity index is 283. The first-order valence-corrected chi connectivity index (χ1v) is 4.85. The molecule has 0 bridgehead atoms. The van der Waals surface area contributed by atoms with Crippen LogP contribution in [0.1, 0.15) is 13.8 Å². The van der Waals surface area contributed by atoms with Crippen LogP contribution >= 0.6 is 15.9 Å². The number of pyridine rings is 1. The van der Waals surface area contributed by atoms with Gasteiger partial charge in [0.1, 0.15) is 10.4 Å². The molecule has 2 N–H and O–H groups in total. The minimum absolute atomic E-state index is 0.483.